The maximum absolute atomic E-state index is 13.9. The smallest absolute Gasteiger partial charge is 0.345 e. The quantitative estimate of drug-likeness (QED) is 0.904. The van der Waals surface area contributed by atoms with Gasteiger partial charge in [0.2, 0.25) is 0 Å². The molecule has 4 heterocycles. The molecule has 0 atom stereocenters. The first-order chi connectivity index (χ1) is 11.6. The monoisotopic (exact) mass is 348 g/mol. The van der Waals surface area contributed by atoms with Crippen LogP contribution in [0.2, 0.25) is 0 Å². The average molecular weight is 348 g/mol. The summed E-state index contributed by atoms with van der Waals surface area (Å²) in [6, 6.07) is 3.47. The molecule has 4 rings (SSSR count). The number of halogens is 1. The predicted octanol–water partition coefficient (Wildman–Crippen LogP) is 3.05. The van der Waals surface area contributed by atoms with Gasteiger partial charge in [-0.25, -0.2) is 9.18 Å². The number of carboxylic acid groups (broad SMARTS) is 1. The number of hydrogen-bond acceptors (Lipinski definition) is 5. The van der Waals surface area contributed by atoms with E-state index in [9.17, 15) is 14.3 Å². The fourth-order valence-electron chi connectivity index (χ4n) is 3.63. The molecule has 0 bridgehead atoms. The molecule has 5 nitrogen and oxygen atoms in total. The Hall–Kier alpha value is -1.99. The SMILES string of the molecule is O=C(O)c1cc2c(s1)C1(CCN(c3ccncc3F)CC1)OCC2. The van der Waals surface area contributed by atoms with Gasteiger partial charge in [0, 0.05) is 24.2 Å². The average Bonchev–Trinajstić information content (AvgIpc) is 3.03. The van der Waals surface area contributed by atoms with Gasteiger partial charge in [0.1, 0.15) is 10.5 Å². The molecule has 1 N–H and O–H groups in total. The van der Waals surface area contributed by atoms with Crippen molar-refractivity contribution in [1.29, 1.82) is 0 Å². The lowest BCUT2D eigenvalue weighted by molar-refractivity contribution is -0.0735. The lowest BCUT2D eigenvalue weighted by Crippen LogP contribution is -2.46. The molecule has 24 heavy (non-hydrogen) atoms. The molecular formula is C17H17FN2O3S. The Morgan fingerprint density at radius 3 is 2.92 bits per heavy atom. The highest BCUT2D eigenvalue weighted by molar-refractivity contribution is 7.14. The predicted molar refractivity (Wildman–Crippen MR) is 88.3 cm³/mol. The Bertz CT molecular complexity index is 784. The second kappa shape index (κ2) is 5.82. The van der Waals surface area contributed by atoms with Gasteiger partial charge >= 0.3 is 5.97 Å². The van der Waals surface area contributed by atoms with Crippen LogP contribution in [0.5, 0.6) is 0 Å². The van der Waals surface area contributed by atoms with E-state index in [1.54, 1.807) is 18.3 Å². The number of ether oxygens (including phenoxy) is 1. The third kappa shape index (κ3) is 2.48. The van der Waals surface area contributed by atoms with E-state index in [0.717, 1.165) is 29.7 Å². The first kappa shape index (κ1) is 15.5. The zero-order valence-electron chi connectivity index (χ0n) is 13.0. The van der Waals surface area contributed by atoms with Crippen LogP contribution >= 0.6 is 11.3 Å². The minimum atomic E-state index is -0.888. The number of fused-ring (bicyclic) bond motifs is 2. The number of carboxylic acids is 1. The molecule has 0 unspecified atom stereocenters. The van der Waals surface area contributed by atoms with E-state index in [4.69, 9.17) is 4.74 Å². The molecule has 1 fully saturated rings. The van der Waals surface area contributed by atoms with Gasteiger partial charge in [-0.3, -0.25) is 4.98 Å². The molecule has 0 aromatic carbocycles. The van der Waals surface area contributed by atoms with Crippen LogP contribution in [0, 0.1) is 5.82 Å². The third-order valence-electron chi connectivity index (χ3n) is 4.85. The maximum Gasteiger partial charge on any atom is 0.345 e. The zero-order valence-corrected chi connectivity index (χ0v) is 13.8. The van der Waals surface area contributed by atoms with Crippen molar-refractivity contribution in [3.05, 3.63) is 45.7 Å². The first-order valence-corrected chi connectivity index (χ1v) is 8.76. The van der Waals surface area contributed by atoms with Crippen LogP contribution in [0.1, 0.15) is 33.0 Å². The third-order valence-corrected chi connectivity index (χ3v) is 6.20. The van der Waals surface area contributed by atoms with Crippen LogP contribution in [0.15, 0.2) is 24.5 Å². The van der Waals surface area contributed by atoms with Gasteiger partial charge in [-0.1, -0.05) is 0 Å². The van der Waals surface area contributed by atoms with Crippen molar-refractivity contribution < 1.29 is 19.0 Å². The first-order valence-electron chi connectivity index (χ1n) is 7.94. The van der Waals surface area contributed by atoms with Crippen molar-refractivity contribution in [2.45, 2.75) is 24.9 Å². The highest BCUT2D eigenvalue weighted by Crippen LogP contribution is 2.46. The number of rotatable bonds is 2. The van der Waals surface area contributed by atoms with E-state index in [2.05, 4.69) is 4.98 Å². The van der Waals surface area contributed by atoms with E-state index in [1.165, 1.54) is 17.5 Å². The highest BCUT2D eigenvalue weighted by atomic mass is 32.1. The van der Waals surface area contributed by atoms with Crippen molar-refractivity contribution in [1.82, 2.24) is 4.98 Å². The topological polar surface area (TPSA) is 62.7 Å². The molecule has 126 valence electrons. The van der Waals surface area contributed by atoms with Gasteiger partial charge in [0.15, 0.2) is 5.82 Å². The summed E-state index contributed by atoms with van der Waals surface area (Å²) in [4.78, 5) is 18.5. The van der Waals surface area contributed by atoms with Crippen molar-refractivity contribution in [3.63, 3.8) is 0 Å². The summed E-state index contributed by atoms with van der Waals surface area (Å²) in [5.74, 6) is -1.20. The highest BCUT2D eigenvalue weighted by Gasteiger charge is 2.43. The molecule has 0 amide bonds. The number of nitrogens with zero attached hydrogens (tertiary/aromatic N) is 2. The van der Waals surface area contributed by atoms with E-state index in [0.29, 0.717) is 30.3 Å². The lowest BCUT2D eigenvalue weighted by Gasteiger charge is -2.44. The molecule has 2 aromatic heterocycles. The van der Waals surface area contributed by atoms with E-state index in [1.807, 2.05) is 4.90 Å². The van der Waals surface area contributed by atoms with Crippen molar-refractivity contribution in [2.24, 2.45) is 0 Å². The van der Waals surface area contributed by atoms with Gasteiger partial charge < -0.3 is 14.7 Å². The van der Waals surface area contributed by atoms with Crippen molar-refractivity contribution >= 4 is 23.0 Å². The molecule has 7 heteroatoms. The van der Waals surface area contributed by atoms with Gasteiger partial charge in [-0.2, -0.15) is 0 Å². The summed E-state index contributed by atoms with van der Waals surface area (Å²) >= 11 is 1.32. The number of pyridine rings is 1. The summed E-state index contributed by atoms with van der Waals surface area (Å²) in [6.45, 7) is 1.94. The van der Waals surface area contributed by atoms with E-state index < -0.39 is 11.6 Å². The van der Waals surface area contributed by atoms with Gasteiger partial charge in [0.25, 0.3) is 0 Å². The molecule has 2 aliphatic rings. The maximum atomic E-state index is 13.9. The fraction of sp³-hybridized carbons (Fsp3) is 0.412. The number of carbonyl (C=O) groups is 1. The lowest BCUT2D eigenvalue weighted by atomic mass is 9.85. The summed E-state index contributed by atoms with van der Waals surface area (Å²) in [5.41, 5.74) is 1.23. The Balaban J connectivity index is 1.60. The molecule has 0 radical (unpaired) electrons. The molecule has 2 aromatic rings. The van der Waals surface area contributed by atoms with Crippen LogP contribution in [0.3, 0.4) is 0 Å². The van der Waals surface area contributed by atoms with Crippen molar-refractivity contribution in [3.8, 4) is 0 Å². The molecule has 0 saturated carbocycles. The van der Waals surface area contributed by atoms with Crippen LogP contribution in [0.4, 0.5) is 10.1 Å². The Labute approximate surface area is 142 Å². The summed E-state index contributed by atoms with van der Waals surface area (Å²) in [6.07, 6.45) is 5.02. The van der Waals surface area contributed by atoms with Crippen LogP contribution in [-0.4, -0.2) is 35.8 Å². The number of anilines is 1. The normalized spacial score (nSPS) is 19.3. The number of aromatic carboxylic acids is 1. The van der Waals surface area contributed by atoms with Crippen molar-refractivity contribution in [2.75, 3.05) is 24.6 Å². The van der Waals surface area contributed by atoms with Crippen LogP contribution < -0.4 is 4.90 Å². The molecular weight excluding hydrogens is 331 g/mol. The van der Waals surface area contributed by atoms with Crippen LogP contribution in [0.25, 0.3) is 0 Å². The minimum Gasteiger partial charge on any atom is -0.477 e. The number of piperidine rings is 1. The molecule has 0 aliphatic carbocycles. The molecule has 2 aliphatic heterocycles. The van der Waals surface area contributed by atoms with Gasteiger partial charge in [-0.15, -0.1) is 11.3 Å². The minimum absolute atomic E-state index is 0.317. The van der Waals surface area contributed by atoms with Crippen LogP contribution in [-0.2, 0) is 16.8 Å². The standard InChI is InChI=1S/C17H17FN2O3S/c18-12-10-19-5-1-13(12)20-6-3-17(4-7-20)15-11(2-8-23-17)9-14(24-15)16(21)22/h1,5,9-10H,2-4,6-8H2,(H,21,22). The second-order valence-corrected chi connectivity index (χ2v) is 7.23. The Morgan fingerprint density at radius 2 is 2.21 bits per heavy atom. The number of aromatic nitrogens is 1. The second-order valence-electron chi connectivity index (χ2n) is 6.18. The summed E-state index contributed by atoms with van der Waals surface area (Å²) in [5, 5.41) is 9.26. The number of thiophene rings is 1. The van der Waals surface area contributed by atoms with Gasteiger partial charge in [0.05, 0.1) is 18.5 Å². The summed E-state index contributed by atoms with van der Waals surface area (Å²) < 4.78 is 20.1. The largest absolute Gasteiger partial charge is 0.477 e. The summed E-state index contributed by atoms with van der Waals surface area (Å²) in [7, 11) is 0. The Morgan fingerprint density at radius 1 is 1.42 bits per heavy atom. The molecule has 1 saturated heterocycles. The Kier molecular flexibility index (Phi) is 3.77. The number of hydrogen-bond donors (Lipinski definition) is 1. The zero-order chi connectivity index (χ0) is 16.7. The van der Waals surface area contributed by atoms with E-state index in [-0.39, 0.29) is 5.82 Å². The van der Waals surface area contributed by atoms with E-state index >= 15 is 0 Å². The molecule has 1 spiro atoms. The van der Waals surface area contributed by atoms with Gasteiger partial charge in [-0.05, 0) is 37.0 Å². The fourth-order valence-corrected chi connectivity index (χ4v) is 4.88.